The Morgan fingerprint density at radius 2 is 1.87 bits per heavy atom. The van der Waals surface area contributed by atoms with Gasteiger partial charge in [0.25, 0.3) is 0 Å². The van der Waals surface area contributed by atoms with Gasteiger partial charge in [-0.05, 0) is 68.2 Å². The lowest BCUT2D eigenvalue weighted by atomic mass is 9.75. The molecule has 168 valence electrons. The Bertz CT molecular complexity index is 816. The van der Waals surface area contributed by atoms with E-state index in [1.165, 1.54) is 5.56 Å². The average Bonchev–Trinajstić information content (AvgIpc) is 2.78. The minimum absolute atomic E-state index is 0.0854. The van der Waals surface area contributed by atoms with E-state index < -0.39 is 0 Å². The number of rotatable bonds is 9. The minimum atomic E-state index is -0.0854. The summed E-state index contributed by atoms with van der Waals surface area (Å²) in [4.78, 5) is 14.8. The summed E-state index contributed by atoms with van der Waals surface area (Å²) in [5.41, 5.74) is 2.42. The third kappa shape index (κ3) is 6.57. The second-order valence-corrected chi connectivity index (χ2v) is 9.18. The molecule has 1 aliphatic heterocycles. The molecule has 0 aliphatic carbocycles. The fourth-order valence-corrected chi connectivity index (χ4v) is 4.76. The third-order valence-corrected chi connectivity index (χ3v) is 6.43. The largest absolute Gasteiger partial charge is 0.497 e. The van der Waals surface area contributed by atoms with E-state index in [4.69, 9.17) is 9.47 Å². The topological polar surface area (TPSA) is 38.8 Å². The molecule has 1 heterocycles. The van der Waals surface area contributed by atoms with Crippen LogP contribution in [-0.2, 0) is 16.1 Å². The van der Waals surface area contributed by atoms with Crippen LogP contribution in [0.15, 0.2) is 54.6 Å². The van der Waals surface area contributed by atoms with Crippen LogP contribution in [0, 0.1) is 5.92 Å². The number of hydrogen-bond donors (Lipinski definition) is 0. The quantitative estimate of drug-likeness (QED) is 0.511. The van der Waals surface area contributed by atoms with Crippen LogP contribution in [0.5, 0.6) is 5.75 Å². The Balaban J connectivity index is 1.75. The Labute approximate surface area is 187 Å². The molecule has 2 atom stereocenters. The Kier molecular flexibility index (Phi) is 8.14. The third-order valence-electron chi connectivity index (χ3n) is 6.43. The molecule has 31 heavy (non-hydrogen) atoms. The van der Waals surface area contributed by atoms with Crippen molar-refractivity contribution in [1.29, 1.82) is 0 Å². The van der Waals surface area contributed by atoms with E-state index in [9.17, 15) is 4.79 Å². The zero-order chi connectivity index (χ0) is 22.3. The lowest BCUT2D eigenvalue weighted by molar-refractivity contribution is -0.131. The van der Waals surface area contributed by atoms with Crippen molar-refractivity contribution in [2.75, 3.05) is 20.3 Å². The van der Waals surface area contributed by atoms with Gasteiger partial charge in [-0.2, -0.15) is 0 Å². The minimum Gasteiger partial charge on any atom is -0.497 e. The summed E-state index contributed by atoms with van der Waals surface area (Å²) in [6, 6.07) is 18.8. The highest BCUT2D eigenvalue weighted by atomic mass is 16.5. The van der Waals surface area contributed by atoms with Crippen LogP contribution < -0.4 is 4.74 Å². The fourth-order valence-electron chi connectivity index (χ4n) is 4.76. The van der Waals surface area contributed by atoms with Gasteiger partial charge < -0.3 is 14.4 Å². The van der Waals surface area contributed by atoms with E-state index in [2.05, 4.69) is 44.2 Å². The summed E-state index contributed by atoms with van der Waals surface area (Å²) < 4.78 is 11.2. The zero-order valence-electron chi connectivity index (χ0n) is 19.5. The van der Waals surface area contributed by atoms with Crippen molar-refractivity contribution in [2.45, 2.75) is 64.5 Å². The zero-order valence-corrected chi connectivity index (χ0v) is 19.5. The molecule has 2 aromatic carbocycles. The first-order valence-electron chi connectivity index (χ1n) is 11.5. The van der Waals surface area contributed by atoms with Gasteiger partial charge in [-0.25, -0.2) is 0 Å². The molecule has 4 nitrogen and oxygen atoms in total. The molecule has 3 rings (SSSR count). The number of ether oxygens (including phenoxy) is 2. The number of methoxy groups -OCH3 is 1. The van der Waals surface area contributed by atoms with Crippen LogP contribution in [-0.4, -0.2) is 36.7 Å². The van der Waals surface area contributed by atoms with Gasteiger partial charge in [0, 0.05) is 26.1 Å². The van der Waals surface area contributed by atoms with Gasteiger partial charge in [0.05, 0.1) is 12.7 Å². The SMILES string of the molecule is CCC(=O)N(CC[C@@H](c1ccccc1)[C@H]1CCOC(C)(C)C1)Cc1ccc(OC)cc1. The van der Waals surface area contributed by atoms with Gasteiger partial charge >= 0.3 is 0 Å². The molecular weight excluding hydrogens is 386 g/mol. The maximum absolute atomic E-state index is 12.7. The molecule has 1 aliphatic rings. The highest BCUT2D eigenvalue weighted by Crippen LogP contribution is 2.40. The molecule has 0 bridgehead atoms. The van der Waals surface area contributed by atoms with E-state index in [1.807, 2.05) is 36.1 Å². The van der Waals surface area contributed by atoms with E-state index in [0.717, 1.165) is 43.7 Å². The molecule has 4 heteroatoms. The molecule has 0 aromatic heterocycles. The summed E-state index contributed by atoms with van der Waals surface area (Å²) in [5.74, 6) is 2.02. The normalized spacial score (nSPS) is 18.9. The van der Waals surface area contributed by atoms with Gasteiger partial charge in [-0.3, -0.25) is 4.79 Å². The summed E-state index contributed by atoms with van der Waals surface area (Å²) >= 11 is 0. The van der Waals surface area contributed by atoms with E-state index in [0.29, 0.717) is 24.8 Å². The molecule has 0 radical (unpaired) electrons. The summed E-state index contributed by atoms with van der Waals surface area (Å²) in [5, 5.41) is 0. The van der Waals surface area contributed by atoms with Crippen molar-refractivity contribution >= 4 is 5.91 Å². The molecule has 0 saturated carbocycles. The van der Waals surface area contributed by atoms with Crippen LogP contribution in [0.4, 0.5) is 0 Å². The Morgan fingerprint density at radius 3 is 2.48 bits per heavy atom. The molecule has 1 amide bonds. The number of carbonyl (C=O) groups excluding carboxylic acids is 1. The van der Waals surface area contributed by atoms with Gasteiger partial charge in [-0.1, -0.05) is 49.4 Å². The van der Waals surface area contributed by atoms with Crippen LogP contribution in [0.2, 0.25) is 0 Å². The number of carbonyl (C=O) groups is 1. The summed E-state index contributed by atoms with van der Waals surface area (Å²) in [6.07, 6.45) is 3.61. The van der Waals surface area contributed by atoms with Gasteiger partial charge in [0.2, 0.25) is 5.91 Å². The number of hydrogen-bond acceptors (Lipinski definition) is 3. The van der Waals surface area contributed by atoms with Gasteiger partial charge in [0.1, 0.15) is 5.75 Å². The molecule has 0 spiro atoms. The first-order chi connectivity index (χ1) is 14.9. The standard InChI is InChI=1S/C27H37NO3/c1-5-26(29)28(20-21-11-13-24(30-4)14-12-21)17-15-25(22-9-7-6-8-10-22)23-16-18-31-27(2,3)19-23/h6-14,23,25H,5,15-20H2,1-4H3/t23-,25-/m0/s1. The van der Waals surface area contributed by atoms with Crippen LogP contribution >= 0.6 is 0 Å². The van der Waals surface area contributed by atoms with E-state index in [-0.39, 0.29) is 11.5 Å². The van der Waals surface area contributed by atoms with Gasteiger partial charge in [0.15, 0.2) is 0 Å². The predicted octanol–water partition coefficient (Wildman–Crippen LogP) is 5.81. The highest BCUT2D eigenvalue weighted by molar-refractivity contribution is 5.75. The molecular formula is C27H37NO3. The van der Waals surface area contributed by atoms with Crippen LogP contribution in [0.25, 0.3) is 0 Å². The van der Waals surface area contributed by atoms with Crippen molar-refractivity contribution in [3.05, 3.63) is 65.7 Å². The lowest BCUT2D eigenvalue weighted by Gasteiger charge is -2.40. The second-order valence-electron chi connectivity index (χ2n) is 9.18. The first-order valence-corrected chi connectivity index (χ1v) is 11.5. The van der Waals surface area contributed by atoms with E-state index in [1.54, 1.807) is 7.11 Å². The fraction of sp³-hybridized carbons (Fsp3) is 0.519. The molecule has 1 fully saturated rings. The van der Waals surface area contributed by atoms with E-state index >= 15 is 0 Å². The molecule has 0 N–H and O–H groups in total. The van der Waals surface area contributed by atoms with Gasteiger partial charge in [-0.15, -0.1) is 0 Å². The van der Waals surface area contributed by atoms with Crippen molar-refractivity contribution in [2.24, 2.45) is 5.92 Å². The number of benzene rings is 2. The first kappa shape index (κ1) is 23.3. The molecule has 2 aromatic rings. The highest BCUT2D eigenvalue weighted by Gasteiger charge is 2.34. The van der Waals surface area contributed by atoms with Crippen molar-refractivity contribution in [3.63, 3.8) is 0 Å². The number of nitrogens with zero attached hydrogens (tertiary/aromatic N) is 1. The summed E-state index contributed by atoms with van der Waals surface area (Å²) in [7, 11) is 1.67. The van der Waals surface area contributed by atoms with Crippen molar-refractivity contribution in [1.82, 2.24) is 4.90 Å². The van der Waals surface area contributed by atoms with Crippen molar-refractivity contribution in [3.8, 4) is 5.75 Å². The Hall–Kier alpha value is -2.33. The predicted molar refractivity (Wildman–Crippen MR) is 125 cm³/mol. The smallest absolute Gasteiger partial charge is 0.222 e. The van der Waals surface area contributed by atoms with Crippen molar-refractivity contribution < 1.29 is 14.3 Å². The van der Waals surface area contributed by atoms with Crippen LogP contribution in [0.3, 0.4) is 0 Å². The maximum Gasteiger partial charge on any atom is 0.222 e. The summed E-state index contributed by atoms with van der Waals surface area (Å²) in [6.45, 7) is 8.53. The monoisotopic (exact) mass is 423 g/mol. The Morgan fingerprint density at radius 1 is 1.16 bits per heavy atom. The maximum atomic E-state index is 12.7. The lowest BCUT2D eigenvalue weighted by Crippen LogP contribution is -2.37. The number of amides is 1. The molecule has 0 unspecified atom stereocenters. The average molecular weight is 424 g/mol. The van der Waals surface area contributed by atoms with Crippen LogP contribution in [0.1, 0.15) is 63.5 Å². The second kappa shape index (κ2) is 10.8. The molecule has 1 saturated heterocycles.